The van der Waals surface area contributed by atoms with Crippen LogP contribution < -0.4 is 10.6 Å². The van der Waals surface area contributed by atoms with Gasteiger partial charge in [0.25, 0.3) is 5.91 Å². The molecule has 0 bridgehead atoms. The molecule has 2 atom stereocenters. The van der Waals surface area contributed by atoms with Crippen LogP contribution in [0.2, 0.25) is 0 Å². The Hall–Kier alpha value is -3.65. The molecule has 1 saturated heterocycles. The van der Waals surface area contributed by atoms with Crippen LogP contribution in [0.3, 0.4) is 0 Å². The molecule has 8 nitrogen and oxygen atoms in total. The average Bonchev–Trinajstić information content (AvgIpc) is 3.51. The maximum absolute atomic E-state index is 13.1. The number of hydrogen-bond donors (Lipinski definition) is 2. The van der Waals surface area contributed by atoms with Gasteiger partial charge in [-0.25, -0.2) is 9.78 Å². The molecule has 1 amide bonds. The number of hydrogen-bond acceptors (Lipinski definition) is 6. The van der Waals surface area contributed by atoms with E-state index in [9.17, 15) is 9.59 Å². The molecule has 2 aromatic heterocycles. The van der Waals surface area contributed by atoms with Gasteiger partial charge in [-0.2, -0.15) is 0 Å². The van der Waals surface area contributed by atoms with Gasteiger partial charge in [-0.1, -0.05) is 35.9 Å². The zero-order valence-corrected chi connectivity index (χ0v) is 21.2. The van der Waals surface area contributed by atoms with Crippen molar-refractivity contribution < 1.29 is 19.1 Å². The van der Waals surface area contributed by atoms with Gasteiger partial charge < -0.3 is 24.7 Å². The van der Waals surface area contributed by atoms with Crippen LogP contribution >= 0.6 is 0 Å². The standard InChI is InChI=1S/C28H34N4O4/c1-18(2)12-13-19(3)30-21-15-22-24(31-27(33)23-11-8-14-36-23)25(28(34)35-4)32(26(22)29-16-21)17-20-9-6-5-7-10-20/h5-7,9-10,15-16,19,23,30H,1,8,11-14,17H2,2-4H3,(H,31,33)/t19-,23-/m1/s1. The molecule has 1 aliphatic rings. The molecule has 1 aromatic carbocycles. The van der Waals surface area contributed by atoms with Gasteiger partial charge in [-0.05, 0) is 51.2 Å². The van der Waals surface area contributed by atoms with E-state index in [-0.39, 0.29) is 17.6 Å². The molecule has 3 aromatic rings. The van der Waals surface area contributed by atoms with E-state index in [0.717, 1.165) is 36.1 Å². The Kier molecular flexibility index (Phi) is 8.05. The van der Waals surface area contributed by atoms with E-state index in [1.54, 1.807) is 10.8 Å². The highest BCUT2D eigenvalue weighted by Crippen LogP contribution is 2.34. The van der Waals surface area contributed by atoms with Crippen molar-refractivity contribution >= 4 is 34.3 Å². The van der Waals surface area contributed by atoms with Crippen molar-refractivity contribution in [3.8, 4) is 0 Å². The number of rotatable bonds is 10. The molecule has 2 N–H and O–H groups in total. The smallest absolute Gasteiger partial charge is 0.356 e. The summed E-state index contributed by atoms with van der Waals surface area (Å²) in [5.41, 5.74) is 4.16. The fourth-order valence-electron chi connectivity index (χ4n) is 4.47. The Balaban J connectivity index is 1.79. The Morgan fingerprint density at radius 3 is 2.75 bits per heavy atom. The number of allylic oxidation sites excluding steroid dienone is 1. The number of aromatic nitrogens is 2. The van der Waals surface area contributed by atoms with E-state index >= 15 is 0 Å². The zero-order chi connectivity index (χ0) is 25.7. The summed E-state index contributed by atoms with van der Waals surface area (Å²) in [5, 5.41) is 7.11. The van der Waals surface area contributed by atoms with E-state index in [1.807, 2.05) is 43.3 Å². The van der Waals surface area contributed by atoms with Crippen LogP contribution in [0.1, 0.15) is 55.6 Å². The van der Waals surface area contributed by atoms with Gasteiger partial charge in [0.15, 0.2) is 5.69 Å². The van der Waals surface area contributed by atoms with Crippen LogP contribution in [0, 0.1) is 0 Å². The zero-order valence-electron chi connectivity index (χ0n) is 21.2. The monoisotopic (exact) mass is 490 g/mol. The van der Waals surface area contributed by atoms with Crippen molar-refractivity contribution in [1.29, 1.82) is 0 Å². The largest absolute Gasteiger partial charge is 0.464 e. The van der Waals surface area contributed by atoms with Crippen molar-refractivity contribution in [1.82, 2.24) is 9.55 Å². The number of carbonyl (C=O) groups excluding carboxylic acids is 2. The first-order chi connectivity index (χ1) is 17.4. The molecule has 0 unspecified atom stereocenters. The highest BCUT2D eigenvalue weighted by atomic mass is 16.5. The quantitative estimate of drug-likeness (QED) is 0.302. The summed E-state index contributed by atoms with van der Waals surface area (Å²) in [7, 11) is 1.34. The highest BCUT2D eigenvalue weighted by molar-refractivity contribution is 6.12. The van der Waals surface area contributed by atoms with Gasteiger partial charge in [0.05, 0.1) is 24.7 Å². The molecule has 3 heterocycles. The highest BCUT2D eigenvalue weighted by Gasteiger charge is 2.30. The molecule has 0 spiro atoms. The minimum absolute atomic E-state index is 0.192. The van der Waals surface area contributed by atoms with Crippen LogP contribution in [-0.4, -0.2) is 47.3 Å². The SMILES string of the molecule is C=C(C)CC[C@@H](C)Nc1cnc2c(c1)c(NC(=O)[C@H]1CCCO1)c(C(=O)OC)n2Cc1ccccc1. The number of pyridine rings is 1. The maximum atomic E-state index is 13.1. The number of nitrogens with one attached hydrogen (secondary N) is 2. The van der Waals surface area contributed by atoms with Gasteiger partial charge in [-0.3, -0.25) is 4.79 Å². The topological polar surface area (TPSA) is 94.5 Å². The summed E-state index contributed by atoms with van der Waals surface area (Å²) in [6.45, 7) is 9.05. The lowest BCUT2D eigenvalue weighted by molar-refractivity contribution is -0.124. The van der Waals surface area contributed by atoms with Crippen LogP contribution in [0.4, 0.5) is 11.4 Å². The molecule has 1 fully saturated rings. The second kappa shape index (κ2) is 11.4. The van der Waals surface area contributed by atoms with Crippen molar-refractivity contribution in [3.63, 3.8) is 0 Å². The number of carbonyl (C=O) groups is 2. The second-order valence-electron chi connectivity index (χ2n) is 9.41. The number of methoxy groups -OCH3 is 1. The number of ether oxygens (including phenoxy) is 2. The van der Waals surface area contributed by atoms with E-state index in [1.165, 1.54) is 7.11 Å². The average molecular weight is 491 g/mol. The van der Waals surface area contributed by atoms with Crippen LogP contribution in [0.15, 0.2) is 54.7 Å². The summed E-state index contributed by atoms with van der Waals surface area (Å²) in [6, 6.07) is 11.9. The first-order valence-corrected chi connectivity index (χ1v) is 12.3. The summed E-state index contributed by atoms with van der Waals surface area (Å²) < 4.78 is 12.5. The Bertz CT molecular complexity index is 1250. The predicted molar refractivity (Wildman–Crippen MR) is 141 cm³/mol. The van der Waals surface area contributed by atoms with Gasteiger partial charge in [0.2, 0.25) is 0 Å². The van der Waals surface area contributed by atoms with Crippen molar-refractivity contribution in [2.24, 2.45) is 0 Å². The van der Waals surface area contributed by atoms with Crippen molar-refractivity contribution in [3.05, 3.63) is 66.0 Å². The Labute approximate surface area is 211 Å². The lowest BCUT2D eigenvalue weighted by Crippen LogP contribution is -2.28. The van der Waals surface area contributed by atoms with E-state index in [0.29, 0.717) is 36.3 Å². The number of amides is 1. The van der Waals surface area contributed by atoms with Gasteiger partial charge in [0.1, 0.15) is 11.8 Å². The molecule has 36 heavy (non-hydrogen) atoms. The molecule has 0 aliphatic carbocycles. The third-order valence-corrected chi connectivity index (χ3v) is 6.35. The van der Waals surface area contributed by atoms with Crippen molar-refractivity contribution in [2.45, 2.75) is 58.2 Å². The van der Waals surface area contributed by atoms with Crippen LogP contribution in [0.5, 0.6) is 0 Å². The molecule has 0 radical (unpaired) electrons. The predicted octanol–water partition coefficient (Wildman–Crippen LogP) is 5.15. The molecule has 0 saturated carbocycles. The van der Waals surface area contributed by atoms with Gasteiger partial charge >= 0.3 is 5.97 Å². The number of esters is 1. The lowest BCUT2D eigenvalue weighted by Gasteiger charge is -2.15. The molecule has 190 valence electrons. The minimum Gasteiger partial charge on any atom is -0.464 e. The fourth-order valence-corrected chi connectivity index (χ4v) is 4.47. The molecule has 1 aliphatic heterocycles. The summed E-state index contributed by atoms with van der Waals surface area (Å²) >= 11 is 0. The minimum atomic E-state index is -0.545. The maximum Gasteiger partial charge on any atom is 0.356 e. The van der Waals surface area contributed by atoms with Crippen molar-refractivity contribution in [2.75, 3.05) is 24.4 Å². The van der Waals surface area contributed by atoms with Gasteiger partial charge in [-0.15, -0.1) is 6.58 Å². The van der Waals surface area contributed by atoms with Gasteiger partial charge in [0, 0.05) is 24.6 Å². The first-order valence-electron chi connectivity index (χ1n) is 12.3. The normalized spacial score (nSPS) is 16.0. The first kappa shape index (κ1) is 25.4. The molecular formula is C28H34N4O4. The fraction of sp³-hybridized carbons (Fsp3) is 0.393. The van der Waals surface area contributed by atoms with E-state index in [2.05, 4.69) is 24.1 Å². The van der Waals surface area contributed by atoms with E-state index < -0.39 is 12.1 Å². The molecule has 8 heteroatoms. The Morgan fingerprint density at radius 2 is 2.08 bits per heavy atom. The summed E-state index contributed by atoms with van der Waals surface area (Å²) in [5.74, 6) is -0.819. The number of benzene rings is 1. The molecular weight excluding hydrogens is 456 g/mol. The summed E-state index contributed by atoms with van der Waals surface area (Å²) in [6.07, 6.45) is 4.54. The Morgan fingerprint density at radius 1 is 1.31 bits per heavy atom. The number of anilines is 2. The number of nitrogens with zero attached hydrogens (tertiary/aromatic N) is 2. The molecule has 4 rings (SSSR count). The lowest BCUT2D eigenvalue weighted by atomic mass is 10.1. The van der Waals surface area contributed by atoms with E-state index in [4.69, 9.17) is 14.5 Å². The van der Waals surface area contributed by atoms with Crippen LogP contribution in [-0.2, 0) is 20.8 Å². The third-order valence-electron chi connectivity index (χ3n) is 6.35. The van der Waals surface area contributed by atoms with Crippen LogP contribution in [0.25, 0.3) is 11.0 Å². The number of fused-ring (bicyclic) bond motifs is 1. The summed E-state index contributed by atoms with van der Waals surface area (Å²) in [4.78, 5) is 30.8. The third kappa shape index (κ3) is 5.76. The second-order valence-corrected chi connectivity index (χ2v) is 9.41.